The van der Waals surface area contributed by atoms with Gasteiger partial charge in [0.2, 0.25) is 0 Å². The molecule has 1 rings (SSSR count). The standard InChI is InChI=1S/C24H38O8/c1-4-5-6-7-8-9-10-11-12-13-14-15-19-29-24(26)31-32-30-23(25)22-20(27-2)17-16-18-21(22)28-3/h16-18H,4-15,19H2,1-3H3. The molecule has 32 heavy (non-hydrogen) atoms. The molecule has 1 aromatic carbocycles. The van der Waals surface area contributed by atoms with Crippen LogP contribution in [-0.4, -0.2) is 33.0 Å². The average molecular weight is 455 g/mol. The van der Waals surface area contributed by atoms with Crippen molar-refractivity contribution >= 4 is 12.1 Å². The lowest BCUT2D eigenvalue weighted by atomic mass is 10.1. The summed E-state index contributed by atoms with van der Waals surface area (Å²) in [5, 5.41) is 4.24. The Morgan fingerprint density at radius 1 is 0.719 bits per heavy atom. The summed E-state index contributed by atoms with van der Waals surface area (Å²) in [6.07, 6.45) is 13.6. The first-order chi connectivity index (χ1) is 15.6. The van der Waals surface area contributed by atoms with E-state index in [0.29, 0.717) is 0 Å². The highest BCUT2D eigenvalue weighted by Gasteiger charge is 2.22. The lowest BCUT2D eigenvalue weighted by molar-refractivity contribution is -0.452. The molecule has 8 heteroatoms. The van der Waals surface area contributed by atoms with Gasteiger partial charge in [0.1, 0.15) is 17.1 Å². The first kappa shape index (κ1) is 27.6. The highest BCUT2D eigenvalue weighted by molar-refractivity contribution is 5.95. The normalized spacial score (nSPS) is 10.5. The molecule has 0 bridgehead atoms. The predicted octanol–water partition coefficient (Wildman–Crippen LogP) is 6.56. The summed E-state index contributed by atoms with van der Waals surface area (Å²) in [6.45, 7) is 2.45. The summed E-state index contributed by atoms with van der Waals surface area (Å²) in [6, 6.07) is 4.77. The van der Waals surface area contributed by atoms with E-state index in [0.717, 1.165) is 19.3 Å². The predicted molar refractivity (Wildman–Crippen MR) is 120 cm³/mol. The molecule has 0 aliphatic heterocycles. The molecule has 0 aliphatic rings. The molecular formula is C24H38O8. The molecule has 0 saturated heterocycles. The second-order valence-electron chi connectivity index (χ2n) is 7.55. The SMILES string of the molecule is CCCCCCCCCCCCCCOC(=O)OOOC(=O)c1c(OC)cccc1OC. The molecule has 0 fully saturated rings. The third-order valence-electron chi connectivity index (χ3n) is 5.06. The summed E-state index contributed by atoms with van der Waals surface area (Å²) >= 11 is 0. The van der Waals surface area contributed by atoms with Crippen LogP contribution in [0.15, 0.2) is 18.2 Å². The van der Waals surface area contributed by atoms with Crippen molar-refractivity contribution in [1.82, 2.24) is 0 Å². The number of hydrogen-bond donors (Lipinski definition) is 0. The molecule has 0 unspecified atom stereocenters. The van der Waals surface area contributed by atoms with E-state index in [1.807, 2.05) is 0 Å². The number of ether oxygens (including phenoxy) is 3. The summed E-state index contributed by atoms with van der Waals surface area (Å²) < 4.78 is 15.1. The van der Waals surface area contributed by atoms with E-state index in [1.54, 1.807) is 18.2 Å². The number of hydrogen-bond acceptors (Lipinski definition) is 8. The van der Waals surface area contributed by atoms with Crippen LogP contribution < -0.4 is 9.47 Å². The van der Waals surface area contributed by atoms with Crippen LogP contribution in [0.3, 0.4) is 0 Å². The lowest BCUT2D eigenvalue weighted by Gasteiger charge is -2.10. The van der Waals surface area contributed by atoms with Crippen molar-refractivity contribution in [1.29, 1.82) is 0 Å². The Bertz CT molecular complexity index is 625. The van der Waals surface area contributed by atoms with Crippen molar-refractivity contribution in [3.63, 3.8) is 0 Å². The van der Waals surface area contributed by atoms with E-state index in [-0.39, 0.29) is 23.7 Å². The molecule has 8 nitrogen and oxygen atoms in total. The van der Waals surface area contributed by atoms with Gasteiger partial charge < -0.3 is 14.2 Å². The molecule has 0 spiro atoms. The van der Waals surface area contributed by atoms with Crippen LogP contribution in [0.1, 0.15) is 94.3 Å². The molecule has 0 radical (unpaired) electrons. The summed E-state index contributed by atoms with van der Waals surface area (Å²) in [4.78, 5) is 32.4. The molecular weight excluding hydrogens is 416 g/mol. The van der Waals surface area contributed by atoms with Crippen molar-refractivity contribution in [2.75, 3.05) is 20.8 Å². The number of benzene rings is 1. The fraction of sp³-hybridized carbons (Fsp3) is 0.667. The fourth-order valence-electron chi connectivity index (χ4n) is 3.29. The summed E-state index contributed by atoms with van der Waals surface area (Å²) in [5.41, 5.74) is 0.00552. The maximum Gasteiger partial charge on any atom is 0.543 e. The van der Waals surface area contributed by atoms with Gasteiger partial charge in [-0.05, 0) is 18.6 Å². The van der Waals surface area contributed by atoms with Gasteiger partial charge in [-0.1, -0.05) is 83.6 Å². The highest BCUT2D eigenvalue weighted by Crippen LogP contribution is 2.28. The van der Waals surface area contributed by atoms with Gasteiger partial charge in [-0.3, -0.25) is 4.89 Å². The van der Waals surface area contributed by atoms with Gasteiger partial charge in [-0.15, -0.1) is 0 Å². The minimum Gasteiger partial charge on any atom is -0.496 e. The van der Waals surface area contributed by atoms with Gasteiger partial charge in [0.05, 0.1) is 25.9 Å². The van der Waals surface area contributed by atoms with Crippen LogP contribution in [-0.2, 0) is 19.6 Å². The number of carbonyl (C=O) groups excluding carboxylic acids is 2. The van der Waals surface area contributed by atoms with Crippen molar-refractivity contribution in [3.05, 3.63) is 23.8 Å². The Morgan fingerprint density at radius 3 is 1.72 bits per heavy atom. The zero-order chi connectivity index (χ0) is 23.4. The Kier molecular flexibility index (Phi) is 15.6. The van der Waals surface area contributed by atoms with Crippen LogP contribution in [0.4, 0.5) is 4.79 Å². The first-order valence-corrected chi connectivity index (χ1v) is 11.6. The van der Waals surface area contributed by atoms with E-state index in [9.17, 15) is 9.59 Å². The van der Waals surface area contributed by atoms with Gasteiger partial charge >= 0.3 is 12.1 Å². The Labute approximate surface area is 191 Å². The minimum atomic E-state index is -1.08. The van der Waals surface area contributed by atoms with Crippen molar-refractivity contribution in [3.8, 4) is 11.5 Å². The maximum absolute atomic E-state index is 12.1. The van der Waals surface area contributed by atoms with Gasteiger partial charge in [0.15, 0.2) is 0 Å². The molecule has 1 aromatic rings. The molecule has 182 valence electrons. The maximum atomic E-state index is 12.1. The second-order valence-corrected chi connectivity index (χ2v) is 7.55. The van der Waals surface area contributed by atoms with Crippen LogP contribution in [0.2, 0.25) is 0 Å². The second kappa shape index (κ2) is 18.1. The van der Waals surface area contributed by atoms with Crippen molar-refractivity contribution in [2.24, 2.45) is 0 Å². The Hall–Kier alpha value is -2.48. The third kappa shape index (κ3) is 11.8. The smallest absolute Gasteiger partial charge is 0.496 e. The molecule has 0 atom stereocenters. The topological polar surface area (TPSA) is 89.5 Å². The van der Waals surface area contributed by atoms with Gasteiger partial charge in [0, 0.05) is 0 Å². The molecule has 0 N–H and O–H groups in total. The van der Waals surface area contributed by atoms with Crippen molar-refractivity contribution in [2.45, 2.75) is 84.0 Å². The molecule has 0 saturated carbocycles. The number of unbranched alkanes of at least 4 members (excludes halogenated alkanes) is 11. The zero-order valence-electron chi connectivity index (χ0n) is 19.7. The molecule has 0 aliphatic carbocycles. The molecule has 0 amide bonds. The Balaban J connectivity index is 2.04. The van der Waals surface area contributed by atoms with E-state index in [4.69, 9.17) is 14.2 Å². The van der Waals surface area contributed by atoms with E-state index in [1.165, 1.54) is 72.0 Å². The van der Waals surface area contributed by atoms with Crippen molar-refractivity contribution < 1.29 is 38.6 Å². The average Bonchev–Trinajstić information content (AvgIpc) is 2.81. The minimum absolute atomic E-state index is 0.00552. The van der Waals surface area contributed by atoms with Gasteiger partial charge in [-0.25, -0.2) is 14.5 Å². The zero-order valence-corrected chi connectivity index (χ0v) is 19.7. The summed E-state index contributed by atoms with van der Waals surface area (Å²) in [7, 11) is 2.80. The molecule has 0 aromatic heterocycles. The monoisotopic (exact) mass is 454 g/mol. The highest BCUT2D eigenvalue weighted by atomic mass is 17.5. The number of carbonyl (C=O) groups is 2. The van der Waals surface area contributed by atoms with Gasteiger partial charge in [-0.2, -0.15) is 0 Å². The van der Waals surface area contributed by atoms with Gasteiger partial charge in [0.25, 0.3) is 0 Å². The van der Waals surface area contributed by atoms with Crippen LogP contribution in [0, 0.1) is 0 Å². The largest absolute Gasteiger partial charge is 0.543 e. The number of methoxy groups -OCH3 is 2. The van der Waals surface area contributed by atoms with E-state index >= 15 is 0 Å². The number of rotatable bonds is 18. The first-order valence-electron chi connectivity index (χ1n) is 11.6. The van der Waals surface area contributed by atoms with E-state index < -0.39 is 12.1 Å². The van der Waals surface area contributed by atoms with E-state index in [2.05, 4.69) is 21.7 Å². The van der Waals surface area contributed by atoms with Crippen LogP contribution in [0.5, 0.6) is 11.5 Å². The summed E-state index contributed by atoms with van der Waals surface area (Å²) in [5.74, 6) is -0.479. The third-order valence-corrected chi connectivity index (χ3v) is 5.06. The van der Waals surface area contributed by atoms with Crippen LogP contribution in [0.25, 0.3) is 0 Å². The molecule has 0 heterocycles. The van der Waals surface area contributed by atoms with Crippen LogP contribution >= 0.6 is 0 Å². The Morgan fingerprint density at radius 2 is 1.22 bits per heavy atom. The fourth-order valence-corrected chi connectivity index (χ4v) is 3.29. The lowest BCUT2D eigenvalue weighted by Crippen LogP contribution is -2.14. The quantitative estimate of drug-likeness (QED) is 0.107.